The van der Waals surface area contributed by atoms with Gasteiger partial charge in [-0.15, -0.1) is 0 Å². The minimum Gasteiger partial charge on any atom is -0.780 e. The van der Waals surface area contributed by atoms with E-state index >= 15 is 0 Å². The minimum atomic E-state index is -5.33. The molecule has 0 amide bonds. The molecule has 2 aromatic rings. The average molecular weight is 424 g/mol. The van der Waals surface area contributed by atoms with Crippen LogP contribution in [-0.4, -0.2) is 35.5 Å². The van der Waals surface area contributed by atoms with E-state index in [1.165, 1.54) is 41.6 Å². The SMILES string of the molecule is COc1cc(/C=C\c2ccc(OC)c(OP(=O)([O-])[O-])c2OC)cc(OC)c1OC. The molecule has 158 valence electrons. The smallest absolute Gasteiger partial charge is 0.208 e. The molecule has 0 N–H and O–H groups in total. The highest BCUT2D eigenvalue weighted by Crippen LogP contribution is 2.46. The van der Waals surface area contributed by atoms with Gasteiger partial charge in [-0.05, 0) is 29.8 Å². The van der Waals surface area contributed by atoms with Gasteiger partial charge in [0.15, 0.2) is 23.0 Å². The van der Waals surface area contributed by atoms with Gasteiger partial charge in [0.25, 0.3) is 0 Å². The van der Waals surface area contributed by atoms with Crippen molar-refractivity contribution in [3.63, 3.8) is 0 Å². The Balaban J connectivity index is 2.52. The maximum Gasteiger partial charge on any atom is 0.208 e. The first-order valence-corrected chi connectivity index (χ1v) is 9.68. The molecule has 0 radical (unpaired) electrons. The van der Waals surface area contributed by atoms with E-state index in [0.29, 0.717) is 28.4 Å². The fraction of sp³-hybridized carbons (Fsp3) is 0.263. The molecule has 0 fully saturated rings. The second-order valence-electron chi connectivity index (χ2n) is 5.55. The number of hydrogen-bond donors (Lipinski definition) is 0. The summed E-state index contributed by atoms with van der Waals surface area (Å²) < 4.78 is 41.9. The molecule has 0 aliphatic rings. The molecular weight excluding hydrogens is 403 g/mol. The zero-order valence-electron chi connectivity index (χ0n) is 16.6. The van der Waals surface area contributed by atoms with E-state index in [9.17, 15) is 14.4 Å². The molecule has 0 saturated carbocycles. The molecule has 29 heavy (non-hydrogen) atoms. The second-order valence-corrected chi connectivity index (χ2v) is 6.63. The Kier molecular flexibility index (Phi) is 7.39. The van der Waals surface area contributed by atoms with Gasteiger partial charge in [0, 0.05) is 5.56 Å². The van der Waals surface area contributed by atoms with Crippen molar-refractivity contribution in [1.82, 2.24) is 0 Å². The highest BCUT2D eigenvalue weighted by Gasteiger charge is 2.17. The van der Waals surface area contributed by atoms with Crippen LogP contribution in [0.3, 0.4) is 0 Å². The molecule has 0 saturated heterocycles. The van der Waals surface area contributed by atoms with Crippen molar-refractivity contribution in [2.45, 2.75) is 0 Å². The topological polar surface area (TPSA) is 119 Å². The summed E-state index contributed by atoms with van der Waals surface area (Å²) in [7, 11) is 1.82. The summed E-state index contributed by atoms with van der Waals surface area (Å²) in [6, 6.07) is 6.55. The van der Waals surface area contributed by atoms with Crippen molar-refractivity contribution in [2.24, 2.45) is 0 Å². The summed E-state index contributed by atoms with van der Waals surface area (Å²) in [5, 5.41) is 0. The average Bonchev–Trinajstić information content (AvgIpc) is 2.70. The van der Waals surface area contributed by atoms with Gasteiger partial charge in [0.05, 0.1) is 35.5 Å². The number of methoxy groups -OCH3 is 5. The van der Waals surface area contributed by atoms with E-state index in [-0.39, 0.29) is 17.2 Å². The van der Waals surface area contributed by atoms with Crippen LogP contribution in [0, 0.1) is 0 Å². The summed E-state index contributed by atoms with van der Waals surface area (Å²) in [4.78, 5) is 22.2. The predicted octanol–water partition coefficient (Wildman–Crippen LogP) is 2.11. The Bertz CT molecular complexity index is 909. The Labute approximate surface area is 168 Å². The van der Waals surface area contributed by atoms with E-state index in [4.69, 9.17) is 23.7 Å². The highest BCUT2D eigenvalue weighted by molar-refractivity contribution is 7.43. The van der Waals surface area contributed by atoms with Gasteiger partial charge in [-0.25, -0.2) is 0 Å². The molecule has 0 bridgehead atoms. The number of phosphoric ester groups is 1. The fourth-order valence-electron chi connectivity index (χ4n) is 2.64. The summed E-state index contributed by atoms with van der Waals surface area (Å²) >= 11 is 0. The van der Waals surface area contributed by atoms with Crippen molar-refractivity contribution in [2.75, 3.05) is 35.5 Å². The van der Waals surface area contributed by atoms with Gasteiger partial charge < -0.3 is 42.6 Å². The predicted molar refractivity (Wildman–Crippen MR) is 103 cm³/mol. The van der Waals surface area contributed by atoms with Gasteiger partial charge in [-0.2, -0.15) is 0 Å². The van der Waals surface area contributed by atoms with Gasteiger partial charge in [0.2, 0.25) is 11.5 Å². The van der Waals surface area contributed by atoms with Crippen LogP contribution < -0.4 is 38.0 Å². The monoisotopic (exact) mass is 424 g/mol. The molecule has 0 aromatic heterocycles. The van der Waals surface area contributed by atoms with E-state index in [2.05, 4.69) is 4.52 Å². The summed E-state index contributed by atoms with van der Waals surface area (Å²) in [5.74, 6) is 1.13. The van der Waals surface area contributed by atoms with Crippen LogP contribution in [0.15, 0.2) is 24.3 Å². The zero-order valence-corrected chi connectivity index (χ0v) is 17.5. The first-order valence-electron chi connectivity index (χ1n) is 8.22. The maximum atomic E-state index is 11.1. The Hall–Kier alpha value is -2.87. The van der Waals surface area contributed by atoms with Gasteiger partial charge in [-0.1, -0.05) is 12.2 Å². The summed E-state index contributed by atoms with van der Waals surface area (Å²) in [6.45, 7) is 0. The largest absolute Gasteiger partial charge is 0.780 e. The lowest BCUT2D eigenvalue weighted by Gasteiger charge is -2.30. The number of phosphoric acid groups is 1. The Morgan fingerprint density at radius 1 is 0.724 bits per heavy atom. The molecule has 9 nitrogen and oxygen atoms in total. The van der Waals surface area contributed by atoms with E-state index < -0.39 is 7.82 Å². The Morgan fingerprint density at radius 2 is 1.28 bits per heavy atom. The summed E-state index contributed by atoms with van der Waals surface area (Å²) in [5.41, 5.74) is 1.16. The van der Waals surface area contributed by atoms with Crippen molar-refractivity contribution in [1.29, 1.82) is 0 Å². The van der Waals surface area contributed by atoms with Crippen LogP contribution in [-0.2, 0) is 4.57 Å². The molecular formula is C19H21O9P-2. The van der Waals surface area contributed by atoms with Gasteiger partial charge in [0.1, 0.15) is 7.82 Å². The maximum absolute atomic E-state index is 11.1. The van der Waals surface area contributed by atoms with Gasteiger partial charge >= 0.3 is 0 Å². The van der Waals surface area contributed by atoms with E-state index in [1.807, 2.05) is 0 Å². The first kappa shape index (κ1) is 22.4. The third-order valence-corrected chi connectivity index (χ3v) is 4.28. The molecule has 0 aliphatic carbocycles. The number of rotatable bonds is 9. The molecule has 0 atom stereocenters. The molecule has 2 aromatic carbocycles. The molecule has 0 heterocycles. The highest BCUT2D eigenvalue weighted by atomic mass is 31.2. The third kappa shape index (κ3) is 5.35. The lowest BCUT2D eigenvalue weighted by atomic mass is 10.1. The molecule has 10 heteroatoms. The quantitative estimate of drug-likeness (QED) is 0.440. The van der Waals surface area contributed by atoms with Gasteiger partial charge in [-0.3, -0.25) is 0 Å². The molecule has 0 unspecified atom stereocenters. The van der Waals surface area contributed by atoms with Crippen molar-refractivity contribution < 1.29 is 42.6 Å². The molecule has 0 aliphatic heterocycles. The van der Waals surface area contributed by atoms with Crippen LogP contribution in [0.4, 0.5) is 0 Å². The van der Waals surface area contributed by atoms with Crippen molar-refractivity contribution in [3.05, 3.63) is 35.4 Å². The molecule has 0 spiro atoms. The van der Waals surface area contributed by atoms with E-state index in [1.54, 1.807) is 30.4 Å². The third-order valence-electron chi connectivity index (χ3n) is 3.88. The fourth-order valence-corrected chi connectivity index (χ4v) is 3.04. The molecule has 2 rings (SSSR count). The lowest BCUT2D eigenvalue weighted by molar-refractivity contribution is -0.333. The van der Waals surface area contributed by atoms with Crippen LogP contribution in [0.25, 0.3) is 12.2 Å². The van der Waals surface area contributed by atoms with Crippen LogP contribution in [0.2, 0.25) is 0 Å². The number of hydrogen-bond acceptors (Lipinski definition) is 9. The van der Waals surface area contributed by atoms with Crippen LogP contribution >= 0.6 is 7.82 Å². The van der Waals surface area contributed by atoms with Crippen molar-refractivity contribution >= 4 is 20.0 Å². The second kappa shape index (κ2) is 9.56. The first-order chi connectivity index (χ1) is 13.8. The Morgan fingerprint density at radius 3 is 1.72 bits per heavy atom. The zero-order chi connectivity index (χ0) is 21.6. The normalized spacial score (nSPS) is 11.3. The number of ether oxygens (including phenoxy) is 5. The standard InChI is InChI=1S/C19H23O9P/c1-23-14-9-8-13(17(26-4)19(14)28-29(20,21)22)7-6-12-10-15(24-2)18(27-5)16(11-12)25-3/h6-11H,1-5H3,(H2,20,21,22)/p-2/b7-6-. The van der Waals surface area contributed by atoms with Crippen LogP contribution in [0.1, 0.15) is 11.1 Å². The minimum absolute atomic E-state index is 0.0277. The van der Waals surface area contributed by atoms with E-state index in [0.717, 1.165) is 0 Å². The number of benzene rings is 2. The van der Waals surface area contributed by atoms with Crippen molar-refractivity contribution in [3.8, 4) is 34.5 Å². The lowest BCUT2D eigenvalue weighted by Crippen LogP contribution is -2.19. The van der Waals surface area contributed by atoms with Crippen LogP contribution in [0.5, 0.6) is 34.5 Å². The summed E-state index contributed by atoms with van der Waals surface area (Å²) in [6.07, 6.45) is 3.36.